The van der Waals surface area contributed by atoms with Crippen molar-refractivity contribution in [1.29, 1.82) is 0 Å². The fourth-order valence-corrected chi connectivity index (χ4v) is 1.94. The fourth-order valence-electron chi connectivity index (χ4n) is 1.94. The quantitative estimate of drug-likeness (QED) is 0.791. The van der Waals surface area contributed by atoms with E-state index in [1.165, 1.54) is 6.07 Å². The number of hydrogen-bond donors (Lipinski definition) is 0. The number of carbonyl (C=O) groups is 1. The topological polar surface area (TPSA) is 35.5 Å². The van der Waals surface area contributed by atoms with Crippen molar-refractivity contribution in [3.8, 4) is 5.75 Å². The lowest BCUT2D eigenvalue weighted by atomic mass is 10.1. The molecule has 104 valence electrons. The maximum absolute atomic E-state index is 12.7. The number of carbonyl (C=O) groups excluding carboxylic acids is 1. The second kappa shape index (κ2) is 5.61. The van der Waals surface area contributed by atoms with Crippen LogP contribution in [0.4, 0.5) is 13.2 Å². The Morgan fingerprint density at radius 3 is 2.79 bits per heavy atom. The minimum absolute atomic E-state index is 0.0694. The fraction of sp³-hybridized carbons (Fsp3) is 0.462. The summed E-state index contributed by atoms with van der Waals surface area (Å²) in [5.74, 6) is 0.0911. The minimum Gasteiger partial charge on any atom is -0.491 e. The van der Waals surface area contributed by atoms with Crippen LogP contribution in [0.2, 0.25) is 0 Å². The van der Waals surface area contributed by atoms with Gasteiger partial charge in [0.2, 0.25) is 0 Å². The molecule has 1 heterocycles. The van der Waals surface area contributed by atoms with Crippen LogP contribution in [0.1, 0.15) is 28.8 Å². The normalized spacial score (nSPS) is 19.4. The molecule has 1 fully saturated rings. The SMILES string of the molecule is O=Cc1ccc(OCC2CCCO2)cc1C(F)(F)F. The number of ether oxygens (including phenoxy) is 2. The van der Waals surface area contributed by atoms with Crippen LogP contribution >= 0.6 is 0 Å². The van der Waals surface area contributed by atoms with Gasteiger partial charge in [0, 0.05) is 12.2 Å². The van der Waals surface area contributed by atoms with Crippen LogP contribution in [0.25, 0.3) is 0 Å². The highest BCUT2D eigenvalue weighted by molar-refractivity contribution is 5.78. The molecule has 1 aromatic rings. The lowest BCUT2D eigenvalue weighted by Gasteiger charge is -2.14. The molecule has 1 atom stereocenters. The summed E-state index contributed by atoms with van der Waals surface area (Å²) < 4.78 is 48.8. The Labute approximate surface area is 108 Å². The van der Waals surface area contributed by atoms with E-state index in [9.17, 15) is 18.0 Å². The van der Waals surface area contributed by atoms with Gasteiger partial charge in [-0.1, -0.05) is 0 Å². The third-order valence-corrected chi connectivity index (χ3v) is 2.92. The second-order valence-electron chi connectivity index (χ2n) is 4.31. The summed E-state index contributed by atoms with van der Waals surface area (Å²) >= 11 is 0. The Morgan fingerprint density at radius 1 is 1.42 bits per heavy atom. The lowest BCUT2D eigenvalue weighted by Crippen LogP contribution is -2.17. The Bertz CT molecular complexity index is 451. The lowest BCUT2D eigenvalue weighted by molar-refractivity contribution is -0.137. The molecule has 0 bridgehead atoms. The Balaban J connectivity index is 2.11. The number of hydrogen-bond acceptors (Lipinski definition) is 3. The van der Waals surface area contributed by atoms with Crippen LogP contribution in [0.3, 0.4) is 0 Å². The van der Waals surface area contributed by atoms with Crippen LogP contribution in [-0.4, -0.2) is 25.6 Å². The van der Waals surface area contributed by atoms with Gasteiger partial charge in [0.1, 0.15) is 12.4 Å². The van der Waals surface area contributed by atoms with E-state index in [0.717, 1.165) is 25.0 Å². The highest BCUT2D eigenvalue weighted by Crippen LogP contribution is 2.33. The van der Waals surface area contributed by atoms with Gasteiger partial charge in [-0.05, 0) is 31.0 Å². The van der Waals surface area contributed by atoms with E-state index in [1.807, 2.05) is 0 Å². The summed E-state index contributed by atoms with van der Waals surface area (Å²) in [6.45, 7) is 0.879. The van der Waals surface area contributed by atoms with E-state index in [2.05, 4.69) is 0 Å². The van der Waals surface area contributed by atoms with Gasteiger partial charge < -0.3 is 9.47 Å². The molecule has 19 heavy (non-hydrogen) atoms. The zero-order valence-corrected chi connectivity index (χ0v) is 10.1. The van der Waals surface area contributed by atoms with Crippen LogP contribution in [0.15, 0.2) is 18.2 Å². The molecule has 1 unspecified atom stereocenters. The van der Waals surface area contributed by atoms with Gasteiger partial charge in [-0.2, -0.15) is 13.2 Å². The first-order valence-corrected chi connectivity index (χ1v) is 5.91. The molecule has 0 spiro atoms. The van der Waals surface area contributed by atoms with Gasteiger partial charge in [0.05, 0.1) is 11.7 Å². The summed E-state index contributed by atoms with van der Waals surface area (Å²) in [4.78, 5) is 10.6. The molecule has 1 saturated heterocycles. The van der Waals surface area contributed by atoms with Crippen LogP contribution in [-0.2, 0) is 10.9 Å². The summed E-state index contributed by atoms with van der Waals surface area (Å²) in [6.07, 6.45) is -2.67. The minimum atomic E-state index is -4.57. The first-order valence-electron chi connectivity index (χ1n) is 5.91. The first-order chi connectivity index (χ1) is 9.00. The van der Waals surface area contributed by atoms with Crippen LogP contribution in [0, 0.1) is 0 Å². The molecular formula is C13H13F3O3. The van der Waals surface area contributed by atoms with Gasteiger partial charge >= 0.3 is 6.18 Å². The largest absolute Gasteiger partial charge is 0.491 e. The highest BCUT2D eigenvalue weighted by atomic mass is 19.4. The van der Waals surface area contributed by atoms with Crippen molar-refractivity contribution in [2.75, 3.05) is 13.2 Å². The number of benzene rings is 1. The first kappa shape index (κ1) is 13.9. The van der Waals surface area contributed by atoms with E-state index in [1.54, 1.807) is 0 Å². The zero-order chi connectivity index (χ0) is 13.9. The van der Waals surface area contributed by atoms with Crippen molar-refractivity contribution in [3.05, 3.63) is 29.3 Å². The molecule has 0 aliphatic carbocycles. The third-order valence-electron chi connectivity index (χ3n) is 2.92. The van der Waals surface area contributed by atoms with Crippen molar-refractivity contribution in [2.24, 2.45) is 0 Å². The maximum atomic E-state index is 12.7. The van der Waals surface area contributed by atoms with Crippen molar-refractivity contribution in [2.45, 2.75) is 25.1 Å². The summed E-state index contributed by atoms with van der Waals surface area (Å²) in [5, 5.41) is 0. The smallest absolute Gasteiger partial charge is 0.417 e. The molecule has 0 N–H and O–H groups in total. The molecule has 0 aromatic heterocycles. The van der Waals surface area contributed by atoms with E-state index >= 15 is 0 Å². The van der Waals surface area contributed by atoms with E-state index in [0.29, 0.717) is 6.61 Å². The average Bonchev–Trinajstić information content (AvgIpc) is 2.88. The summed E-state index contributed by atoms with van der Waals surface area (Å²) in [5.41, 5.74) is -1.37. The molecule has 1 aliphatic rings. The van der Waals surface area contributed by atoms with Gasteiger partial charge in [-0.15, -0.1) is 0 Å². The number of rotatable bonds is 4. The van der Waals surface area contributed by atoms with E-state index < -0.39 is 17.3 Å². The number of alkyl halides is 3. The highest BCUT2D eigenvalue weighted by Gasteiger charge is 2.33. The zero-order valence-electron chi connectivity index (χ0n) is 10.1. The van der Waals surface area contributed by atoms with Gasteiger partial charge in [-0.25, -0.2) is 0 Å². The van der Waals surface area contributed by atoms with Crippen LogP contribution in [0.5, 0.6) is 5.75 Å². The van der Waals surface area contributed by atoms with Gasteiger partial charge in [0.25, 0.3) is 0 Å². The number of halogens is 3. The van der Waals surface area contributed by atoms with E-state index in [4.69, 9.17) is 9.47 Å². The summed E-state index contributed by atoms with van der Waals surface area (Å²) in [7, 11) is 0. The molecule has 1 aliphatic heterocycles. The standard InChI is InChI=1S/C13H13F3O3/c14-13(15,16)12-6-10(4-3-9(12)7-17)19-8-11-2-1-5-18-11/h3-4,6-7,11H,1-2,5,8H2. The molecule has 0 saturated carbocycles. The Hall–Kier alpha value is -1.56. The molecule has 3 nitrogen and oxygen atoms in total. The molecule has 0 amide bonds. The van der Waals surface area contributed by atoms with Crippen molar-refractivity contribution in [3.63, 3.8) is 0 Å². The third kappa shape index (κ3) is 3.47. The van der Waals surface area contributed by atoms with E-state index in [-0.39, 0.29) is 24.7 Å². The average molecular weight is 274 g/mol. The van der Waals surface area contributed by atoms with Crippen LogP contribution < -0.4 is 4.74 Å². The molecule has 6 heteroatoms. The second-order valence-corrected chi connectivity index (χ2v) is 4.31. The predicted octanol–water partition coefficient (Wildman–Crippen LogP) is 3.08. The van der Waals surface area contributed by atoms with Gasteiger partial charge in [-0.3, -0.25) is 4.79 Å². The van der Waals surface area contributed by atoms with Crippen molar-refractivity contribution < 1.29 is 27.4 Å². The molecular weight excluding hydrogens is 261 g/mol. The molecule has 2 rings (SSSR count). The molecule has 1 aromatic carbocycles. The van der Waals surface area contributed by atoms with Crippen molar-refractivity contribution >= 4 is 6.29 Å². The predicted molar refractivity (Wildman–Crippen MR) is 61.3 cm³/mol. The molecule has 0 radical (unpaired) electrons. The Morgan fingerprint density at radius 2 is 2.21 bits per heavy atom. The maximum Gasteiger partial charge on any atom is 0.417 e. The monoisotopic (exact) mass is 274 g/mol. The van der Waals surface area contributed by atoms with Gasteiger partial charge in [0.15, 0.2) is 6.29 Å². The number of aldehydes is 1. The Kier molecular flexibility index (Phi) is 4.09. The van der Waals surface area contributed by atoms with Crippen molar-refractivity contribution in [1.82, 2.24) is 0 Å². The summed E-state index contributed by atoms with van der Waals surface area (Å²) in [6, 6.07) is 3.31.